The Labute approximate surface area is 129 Å². The first-order chi connectivity index (χ1) is 10.6. The molecule has 3 rings (SSSR count). The number of rotatable bonds is 3. The second-order valence-corrected chi connectivity index (χ2v) is 5.51. The van der Waals surface area contributed by atoms with E-state index in [0.29, 0.717) is 23.2 Å². The lowest BCUT2D eigenvalue weighted by Gasteiger charge is -2.24. The normalized spacial score (nSPS) is 16.4. The van der Waals surface area contributed by atoms with E-state index < -0.39 is 12.1 Å². The molecular weight excluding hydrogens is 280 g/mol. The number of hydrogen-bond acceptors (Lipinski definition) is 4. The fourth-order valence-corrected chi connectivity index (χ4v) is 2.24. The molecule has 0 unspecified atom stereocenters. The maximum Gasteiger partial charge on any atom is 0.356 e. The summed E-state index contributed by atoms with van der Waals surface area (Å²) in [6, 6.07) is 14.8. The average molecular weight is 298 g/mol. The Morgan fingerprint density at radius 1 is 1.09 bits per heavy atom. The van der Waals surface area contributed by atoms with Crippen LogP contribution in [0.5, 0.6) is 17.2 Å². The Hall–Kier alpha value is -2.49. The number of carbonyl (C=O) groups is 1. The zero-order valence-corrected chi connectivity index (χ0v) is 12.6. The van der Waals surface area contributed by atoms with Gasteiger partial charge in [0.05, 0.1) is 0 Å². The molecule has 1 heterocycles. The largest absolute Gasteiger partial charge is 0.485 e. The minimum atomic E-state index is -0.750. The van der Waals surface area contributed by atoms with Crippen molar-refractivity contribution in [1.29, 1.82) is 0 Å². The van der Waals surface area contributed by atoms with Gasteiger partial charge in [-0.1, -0.05) is 38.1 Å². The third-order valence-corrected chi connectivity index (χ3v) is 3.54. The van der Waals surface area contributed by atoms with Crippen molar-refractivity contribution < 1.29 is 19.0 Å². The molecule has 0 aliphatic carbocycles. The summed E-state index contributed by atoms with van der Waals surface area (Å²) in [6.45, 7) is 4.39. The Balaban J connectivity index is 1.65. The van der Waals surface area contributed by atoms with Gasteiger partial charge in [-0.3, -0.25) is 0 Å². The van der Waals surface area contributed by atoms with Crippen LogP contribution >= 0.6 is 0 Å². The van der Waals surface area contributed by atoms with E-state index >= 15 is 0 Å². The molecule has 0 bridgehead atoms. The molecule has 2 aromatic carbocycles. The zero-order valence-electron chi connectivity index (χ0n) is 12.6. The Morgan fingerprint density at radius 2 is 1.77 bits per heavy atom. The van der Waals surface area contributed by atoms with Gasteiger partial charge in [-0.15, -0.1) is 0 Å². The lowest BCUT2D eigenvalue weighted by atomic mass is 10.0. The van der Waals surface area contributed by atoms with Gasteiger partial charge in [0.1, 0.15) is 12.4 Å². The number of para-hydroxylation sites is 2. The predicted octanol–water partition coefficient (Wildman–Crippen LogP) is 3.56. The third-order valence-electron chi connectivity index (χ3n) is 3.54. The molecule has 0 N–H and O–H groups in total. The molecule has 0 fully saturated rings. The van der Waals surface area contributed by atoms with Crippen molar-refractivity contribution in [2.75, 3.05) is 6.61 Å². The van der Waals surface area contributed by atoms with Gasteiger partial charge < -0.3 is 14.2 Å². The van der Waals surface area contributed by atoms with Gasteiger partial charge in [-0.2, -0.15) is 0 Å². The first-order valence-corrected chi connectivity index (χ1v) is 7.33. The Morgan fingerprint density at radius 3 is 2.45 bits per heavy atom. The van der Waals surface area contributed by atoms with Crippen LogP contribution in [0.4, 0.5) is 0 Å². The zero-order chi connectivity index (χ0) is 15.5. The number of benzene rings is 2. The fraction of sp³-hybridized carbons (Fsp3) is 0.278. The molecule has 0 aromatic heterocycles. The van der Waals surface area contributed by atoms with Crippen molar-refractivity contribution in [2.45, 2.75) is 25.9 Å². The lowest BCUT2D eigenvalue weighted by Crippen LogP contribution is -2.39. The Bertz CT molecular complexity index is 661. The summed E-state index contributed by atoms with van der Waals surface area (Å²) in [5.74, 6) is 1.71. The van der Waals surface area contributed by atoms with Gasteiger partial charge >= 0.3 is 5.97 Å². The summed E-state index contributed by atoms with van der Waals surface area (Å²) >= 11 is 0. The van der Waals surface area contributed by atoms with Gasteiger partial charge in [0.2, 0.25) is 6.10 Å². The first-order valence-electron chi connectivity index (χ1n) is 7.33. The van der Waals surface area contributed by atoms with Gasteiger partial charge in [0.25, 0.3) is 0 Å². The maximum absolute atomic E-state index is 12.2. The molecule has 2 aromatic rings. The summed E-state index contributed by atoms with van der Waals surface area (Å²) in [7, 11) is 0. The number of carbonyl (C=O) groups excluding carboxylic acids is 1. The molecule has 1 aliphatic rings. The molecule has 1 atom stereocenters. The van der Waals surface area contributed by atoms with Crippen molar-refractivity contribution in [3.05, 3.63) is 54.1 Å². The van der Waals surface area contributed by atoms with E-state index in [2.05, 4.69) is 13.8 Å². The van der Waals surface area contributed by atoms with Crippen LogP contribution in [0.15, 0.2) is 48.5 Å². The number of ether oxygens (including phenoxy) is 3. The summed E-state index contributed by atoms with van der Waals surface area (Å²) in [5.41, 5.74) is 1.20. The van der Waals surface area contributed by atoms with Crippen LogP contribution in [0.2, 0.25) is 0 Å². The van der Waals surface area contributed by atoms with E-state index in [1.165, 1.54) is 5.56 Å². The molecule has 4 heteroatoms. The van der Waals surface area contributed by atoms with Crippen LogP contribution in [0.3, 0.4) is 0 Å². The van der Waals surface area contributed by atoms with Crippen molar-refractivity contribution >= 4 is 5.97 Å². The lowest BCUT2D eigenvalue weighted by molar-refractivity contribution is -0.144. The second-order valence-electron chi connectivity index (χ2n) is 5.51. The molecule has 0 radical (unpaired) electrons. The highest BCUT2D eigenvalue weighted by molar-refractivity contribution is 5.78. The number of hydrogen-bond donors (Lipinski definition) is 0. The van der Waals surface area contributed by atoms with Gasteiger partial charge in [-0.05, 0) is 35.7 Å². The average Bonchev–Trinajstić information content (AvgIpc) is 2.55. The summed E-state index contributed by atoms with van der Waals surface area (Å²) < 4.78 is 16.5. The Kier molecular flexibility index (Phi) is 4.00. The van der Waals surface area contributed by atoms with Gasteiger partial charge in [-0.25, -0.2) is 4.79 Å². The summed E-state index contributed by atoms with van der Waals surface area (Å²) in [6.07, 6.45) is -0.750. The van der Waals surface area contributed by atoms with Crippen molar-refractivity contribution in [3.8, 4) is 17.2 Å². The second kappa shape index (κ2) is 6.10. The van der Waals surface area contributed by atoms with Crippen LogP contribution in [0, 0.1) is 0 Å². The van der Waals surface area contributed by atoms with Crippen molar-refractivity contribution in [1.82, 2.24) is 0 Å². The SMILES string of the molecule is CC(C)c1ccc(OC(=O)[C@@H]2COc3ccccc3O2)cc1. The molecule has 22 heavy (non-hydrogen) atoms. The van der Waals surface area contributed by atoms with Crippen LogP contribution < -0.4 is 14.2 Å². The third kappa shape index (κ3) is 3.06. The molecule has 0 saturated carbocycles. The summed E-state index contributed by atoms with van der Waals surface area (Å²) in [5, 5.41) is 0. The van der Waals surface area contributed by atoms with Crippen molar-refractivity contribution in [2.24, 2.45) is 0 Å². The molecule has 4 nitrogen and oxygen atoms in total. The van der Waals surface area contributed by atoms with Gasteiger partial charge in [0, 0.05) is 0 Å². The predicted molar refractivity (Wildman–Crippen MR) is 82.5 cm³/mol. The smallest absolute Gasteiger partial charge is 0.356 e. The van der Waals surface area contributed by atoms with Crippen LogP contribution in [-0.2, 0) is 4.79 Å². The monoisotopic (exact) mass is 298 g/mol. The fourth-order valence-electron chi connectivity index (χ4n) is 2.24. The minimum absolute atomic E-state index is 0.153. The van der Waals surface area contributed by atoms with E-state index in [9.17, 15) is 4.79 Å². The standard InChI is InChI=1S/C18H18O4/c1-12(2)13-7-9-14(10-8-13)21-18(19)17-11-20-15-5-3-4-6-16(15)22-17/h3-10,12,17H,11H2,1-2H3/t17-/m0/s1. The quantitative estimate of drug-likeness (QED) is 0.642. The van der Waals surface area contributed by atoms with E-state index in [-0.39, 0.29) is 6.61 Å². The van der Waals surface area contributed by atoms with E-state index in [0.717, 1.165) is 0 Å². The van der Waals surface area contributed by atoms with Crippen LogP contribution in [0.1, 0.15) is 25.3 Å². The molecule has 0 spiro atoms. The van der Waals surface area contributed by atoms with Crippen LogP contribution in [0.25, 0.3) is 0 Å². The molecule has 0 amide bonds. The highest BCUT2D eigenvalue weighted by atomic mass is 16.6. The number of fused-ring (bicyclic) bond motifs is 1. The maximum atomic E-state index is 12.2. The van der Waals surface area contributed by atoms with Crippen LogP contribution in [-0.4, -0.2) is 18.7 Å². The van der Waals surface area contributed by atoms with E-state index in [4.69, 9.17) is 14.2 Å². The first kappa shape index (κ1) is 14.4. The number of esters is 1. The topological polar surface area (TPSA) is 44.8 Å². The molecule has 114 valence electrons. The van der Waals surface area contributed by atoms with E-state index in [1.54, 1.807) is 18.2 Å². The molecular formula is C18H18O4. The molecule has 1 aliphatic heterocycles. The van der Waals surface area contributed by atoms with Crippen molar-refractivity contribution in [3.63, 3.8) is 0 Å². The highest BCUT2D eigenvalue weighted by Crippen LogP contribution is 2.31. The van der Waals surface area contributed by atoms with E-state index in [1.807, 2.05) is 30.3 Å². The summed E-state index contributed by atoms with van der Waals surface area (Å²) in [4.78, 5) is 12.2. The van der Waals surface area contributed by atoms with Gasteiger partial charge in [0.15, 0.2) is 11.5 Å². The molecule has 0 saturated heterocycles. The highest BCUT2D eigenvalue weighted by Gasteiger charge is 2.29. The minimum Gasteiger partial charge on any atom is -0.485 e.